The number of imidazole rings is 1. The lowest BCUT2D eigenvalue weighted by Crippen LogP contribution is -2.50. The van der Waals surface area contributed by atoms with Crippen LogP contribution in [0.2, 0.25) is 0 Å². The third-order valence-electron chi connectivity index (χ3n) is 8.55. The van der Waals surface area contributed by atoms with Gasteiger partial charge in [0.25, 0.3) is 0 Å². The Bertz CT molecular complexity index is 1260. The average molecular weight is 456 g/mol. The summed E-state index contributed by atoms with van der Waals surface area (Å²) in [5.41, 5.74) is 1.01. The molecule has 0 spiro atoms. The largest absolute Gasteiger partial charge is 0.390 e. The van der Waals surface area contributed by atoms with Gasteiger partial charge in [0.05, 0.1) is 34.2 Å². The van der Waals surface area contributed by atoms with Gasteiger partial charge >= 0.3 is 5.69 Å². The summed E-state index contributed by atoms with van der Waals surface area (Å²) in [4.78, 5) is 22.7. The Hall–Kier alpha value is -2.16. The molecule has 0 radical (unpaired) electrons. The predicted molar refractivity (Wildman–Crippen MR) is 119 cm³/mol. The van der Waals surface area contributed by atoms with Crippen molar-refractivity contribution >= 4 is 28.7 Å². The summed E-state index contributed by atoms with van der Waals surface area (Å²) in [6.07, 6.45) is 11.0. The van der Waals surface area contributed by atoms with Gasteiger partial charge in [-0.15, -0.1) is 0 Å². The van der Waals surface area contributed by atoms with Crippen LogP contribution in [0.4, 0.5) is 5.95 Å². The number of halogens is 1. The number of rotatable bonds is 3. The first kappa shape index (κ1) is 19.3. The Balaban J connectivity index is 1.31. The summed E-state index contributed by atoms with van der Waals surface area (Å²) in [6.45, 7) is 0.731. The van der Waals surface area contributed by atoms with Crippen molar-refractivity contribution in [2.24, 2.45) is 24.8 Å². The van der Waals surface area contributed by atoms with Crippen LogP contribution in [0.25, 0.3) is 11.2 Å². The SMILES string of the molecule is Cn1c(=O)n(C23CC4CC(O)(CC4C2)C3)c2nc(NC3=CC4CCOC4C=C3Cl)ncc21. The van der Waals surface area contributed by atoms with E-state index in [4.69, 9.17) is 21.3 Å². The molecule has 0 amide bonds. The van der Waals surface area contributed by atoms with Crippen molar-refractivity contribution < 1.29 is 9.84 Å². The molecule has 1 saturated heterocycles. The number of hydrogen-bond acceptors (Lipinski definition) is 6. The second-order valence-electron chi connectivity index (χ2n) is 10.5. The number of nitrogens with zero attached hydrogens (tertiary/aromatic N) is 4. The molecule has 3 heterocycles. The van der Waals surface area contributed by atoms with E-state index in [9.17, 15) is 9.90 Å². The van der Waals surface area contributed by atoms with Crippen LogP contribution in [-0.4, -0.2) is 42.5 Å². The van der Waals surface area contributed by atoms with Crippen LogP contribution in [0.15, 0.2) is 33.9 Å². The fourth-order valence-corrected chi connectivity index (χ4v) is 7.65. The average Bonchev–Trinajstić information content (AvgIpc) is 3.41. The van der Waals surface area contributed by atoms with Crippen LogP contribution < -0.4 is 11.0 Å². The summed E-state index contributed by atoms with van der Waals surface area (Å²) in [5.74, 6) is 1.70. The maximum Gasteiger partial charge on any atom is 0.330 e. The van der Waals surface area contributed by atoms with E-state index in [0.29, 0.717) is 46.3 Å². The van der Waals surface area contributed by atoms with Crippen molar-refractivity contribution in [2.75, 3.05) is 11.9 Å². The highest BCUT2D eigenvalue weighted by molar-refractivity contribution is 6.32. The highest BCUT2D eigenvalue weighted by Crippen LogP contribution is 2.64. The molecule has 2 aromatic rings. The third-order valence-corrected chi connectivity index (χ3v) is 8.88. The molecule has 5 fully saturated rings. The lowest BCUT2D eigenvalue weighted by molar-refractivity contribution is -0.0421. The van der Waals surface area contributed by atoms with E-state index in [1.54, 1.807) is 17.8 Å². The molecular weight excluding hydrogens is 430 g/mol. The van der Waals surface area contributed by atoms with Crippen molar-refractivity contribution in [2.45, 2.75) is 55.8 Å². The Morgan fingerprint density at radius 2 is 2.03 bits per heavy atom. The molecule has 4 saturated carbocycles. The van der Waals surface area contributed by atoms with Gasteiger partial charge in [0, 0.05) is 19.6 Å². The molecular formula is C23H26ClN5O3. The number of nitrogens with one attached hydrogen (secondary N) is 1. The number of hydrogen-bond donors (Lipinski definition) is 2. The van der Waals surface area contributed by atoms with Crippen molar-refractivity contribution in [1.82, 2.24) is 19.1 Å². The minimum Gasteiger partial charge on any atom is -0.390 e. The molecule has 8 rings (SSSR count). The minimum absolute atomic E-state index is 0.0358. The van der Waals surface area contributed by atoms with Crippen molar-refractivity contribution in [3.05, 3.63) is 39.6 Å². The standard InChI is InChI=1S/C23H26ClN5O3/c1-28-17-10-25-20(26-16-4-12-2-3-32-18(12)5-15(16)24)27-19(17)29(21(28)30)22-6-13-8-23(31,11-22)9-14(13)7-22/h4-5,10,12-14,18,31H,2-3,6-9,11H2,1H3,(H,25,26,27). The molecule has 8 nitrogen and oxygen atoms in total. The first-order valence-corrected chi connectivity index (χ1v) is 11.9. The van der Waals surface area contributed by atoms with Crippen molar-refractivity contribution in [3.8, 4) is 0 Å². The fourth-order valence-electron chi connectivity index (χ4n) is 7.42. The van der Waals surface area contributed by atoms with Crippen LogP contribution in [0.5, 0.6) is 0 Å². The number of allylic oxidation sites excluding steroid dienone is 1. The smallest absolute Gasteiger partial charge is 0.330 e. The van der Waals surface area contributed by atoms with Gasteiger partial charge in [0.1, 0.15) is 5.52 Å². The summed E-state index contributed by atoms with van der Waals surface area (Å²) in [6, 6.07) is 0. The van der Waals surface area contributed by atoms with E-state index in [0.717, 1.165) is 44.4 Å². The zero-order valence-electron chi connectivity index (χ0n) is 17.9. The highest BCUT2D eigenvalue weighted by atomic mass is 35.5. The maximum absolute atomic E-state index is 13.4. The van der Waals surface area contributed by atoms with Gasteiger partial charge in [-0.05, 0) is 56.4 Å². The quantitative estimate of drug-likeness (QED) is 0.738. The second-order valence-corrected chi connectivity index (χ2v) is 11.0. The first-order chi connectivity index (χ1) is 15.3. The molecule has 168 valence electrons. The van der Waals surface area contributed by atoms with E-state index in [1.165, 1.54) is 0 Å². The van der Waals surface area contributed by atoms with Crippen LogP contribution in [0.1, 0.15) is 38.5 Å². The lowest BCUT2D eigenvalue weighted by atomic mass is 9.73. The van der Waals surface area contributed by atoms with Gasteiger partial charge in [0.2, 0.25) is 5.95 Å². The second kappa shape index (κ2) is 6.24. The normalized spacial score (nSPS) is 39.5. The molecule has 1 aliphatic heterocycles. The Morgan fingerprint density at radius 1 is 1.25 bits per heavy atom. The van der Waals surface area contributed by atoms with Gasteiger partial charge in [-0.3, -0.25) is 9.13 Å². The zero-order valence-corrected chi connectivity index (χ0v) is 18.7. The Morgan fingerprint density at radius 3 is 2.78 bits per heavy atom. The highest BCUT2D eigenvalue weighted by Gasteiger charge is 2.63. The van der Waals surface area contributed by atoms with E-state index < -0.39 is 5.60 Å². The number of aromatic nitrogens is 4. The molecule has 2 N–H and O–H groups in total. The number of aryl methyl sites for hydroxylation is 1. The van der Waals surface area contributed by atoms with E-state index in [-0.39, 0.29) is 17.3 Å². The third kappa shape index (κ3) is 2.54. The fraction of sp³-hybridized carbons (Fsp3) is 0.609. The van der Waals surface area contributed by atoms with Crippen LogP contribution in [0, 0.1) is 17.8 Å². The predicted octanol–water partition coefficient (Wildman–Crippen LogP) is 2.62. The molecule has 32 heavy (non-hydrogen) atoms. The van der Waals surface area contributed by atoms with E-state index in [1.807, 2.05) is 10.6 Å². The molecule has 4 unspecified atom stereocenters. The van der Waals surface area contributed by atoms with Crippen LogP contribution in [0.3, 0.4) is 0 Å². The molecule has 5 aliphatic carbocycles. The molecule has 2 aromatic heterocycles. The molecule has 4 bridgehead atoms. The van der Waals surface area contributed by atoms with Crippen LogP contribution >= 0.6 is 11.6 Å². The van der Waals surface area contributed by atoms with Gasteiger partial charge in [-0.2, -0.15) is 4.98 Å². The van der Waals surface area contributed by atoms with Gasteiger partial charge in [0.15, 0.2) is 5.65 Å². The molecule has 6 aliphatic rings. The lowest BCUT2D eigenvalue weighted by Gasteiger charge is -2.43. The Kier molecular flexibility index (Phi) is 3.77. The van der Waals surface area contributed by atoms with Gasteiger partial charge in [-0.1, -0.05) is 17.7 Å². The zero-order chi connectivity index (χ0) is 21.8. The van der Waals surface area contributed by atoms with Gasteiger partial charge < -0.3 is 15.2 Å². The van der Waals surface area contributed by atoms with Crippen molar-refractivity contribution in [1.29, 1.82) is 0 Å². The molecule has 4 atom stereocenters. The number of ether oxygens (including phenoxy) is 1. The molecule has 9 heteroatoms. The van der Waals surface area contributed by atoms with Crippen molar-refractivity contribution in [3.63, 3.8) is 0 Å². The first-order valence-electron chi connectivity index (χ1n) is 11.5. The summed E-state index contributed by atoms with van der Waals surface area (Å²) >= 11 is 6.49. The number of anilines is 1. The van der Waals surface area contributed by atoms with E-state index in [2.05, 4.69) is 16.4 Å². The summed E-state index contributed by atoms with van der Waals surface area (Å²) < 4.78 is 9.19. The minimum atomic E-state index is -0.646. The monoisotopic (exact) mass is 455 g/mol. The number of fused-ring (bicyclic) bond motifs is 2. The van der Waals surface area contributed by atoms with E-state index >= 15 is 0 Å². The topological polar surface area (TPSA) is 94.2 Å². The number of aliphatic hydroxyl groups is 1. The maximum atomic E-state index is 13.4. The van der Waals surface area contributed by atoms with Gasteiger partial charge in [-0.25, -0.2) is 9.78 Å². The summed E-state index contributed by atoms with van der Waals surface area (Å²) in [7, 11) is 1.77. The summed E-state index contributed by atoms with van der Waals surface area (Å²) in [5, 5.41) is 14.9. The Labute approximate surface area is 189 Å². The van der Waals surface area contributed by atoms with Crippen LogP contribution in [-0.2, 0) is 17.3 Å². The molecule has 0 aromatic carbocycles.